The molecule has 0 fully saturated rings. The third kappa shape index (κ3) is 7.52. The van der Waals surface area contributed by atoms with Crippen molar-refractivity contribution in [1.29, 1.82) is 0 Å². The van der Waals surface area contributed by atoms with E-state index in [2.05, 4.69) is 42.5 Å². The summed E-state index contributed by atoms with van der Waals surface area (Å²) in [5.41, 5.74) is 2.06. The molecule has 2 N–H and O–H groups in total. The predicted molar refractivity (Wildman–Crippen MR) is 115 cm³/mol. The van der Waals surface area contributed by atoms with Crippen molar-refractivity contribution in [2.24, 2.45) is 0 Å². The van der Waals surface area contributed by atoms with Gasteiger partial charge in [-0.15, -0.1) is 0 Å². The van der Waals surface area contributed by atoms with Crippen LogP contribution < -0.4 is 20.1 Å². The Morgan fingerprint density at radius 1 is 0.786 bits per heavy atom. The van der Waals surface area contributed by atoms with E-state index in [9.17, 15) is 9.59 Å². The summed E-state index contributed by atoms with van der Waals surface area (Å²) in [4.78, 5) is 23.6. The van der Waals surface area contributed by atoms with Gasteiger partial charge in [-0.25, -0.2) is 0 Å². The predicted octanol–water partition coefficient (Wildman–Crippen LogP) is 3.52. The summed E-state index contributed by atoms with van der Waals surface area (Å²) >= 11 is 6.83. The van der Waals surface area contributed by atoms with Gasteiger partial charge in [0, 0.05) is 22.0 Å². The smallest absolute Gasteiger partial charge is 0.258 e. The van der Waals surface area contributed by atoms with Gasteiger partial charge in [-0.1, -0.05) is 31.9 Å². The lowest BCUT2D eigenvalue weighted by Crippen LogP contribution is -2.38. The second kappa shape index (κ2) is 11.1. The average molecular weight is 514 g/mol. The van der Waals surface area contributed by atoms with Crippen molar-refractivity contribution in [1.82, 2.24) is 10.6 Å². The first-order valence-corrected chi connectivity index (χ1v) is 10.2. The maximum absolute atomic E-state index is 11.8. The van der Waals surface area contributed by atoms with E-state index >= 15 is 0 Å². The molecule has 0 spiro atoms. The van der Waals surface area contributed by atoms with Crippen molar-refractivity contribution >= 4 is 43.7 Å². The lowest BCUT2D eigenvalue weighted by atomic mass is 10.2. The van der Waals surface area contributed by atoms with E-state index in [0.717, 1.165) is 20.1 Å². The molecule has 0 aromatic heterocycles. The van der Waals surface area contributed by atoms with E-state index in [1.165, 1.54) is 0 Å². The average Bonchev–Trinajstić information content (AvgIpc) is 2.67. The number of hydrogen-bond acceptors (Lipinski definition) is 4. The third-order valence-electron chi connectivity index (χ3n) is 3.77. The molecule has 2 aromatic rings. The Morgan fingerprint density at radius 2 is 1.18 bits per heavy atom. The normalized spacial score (nSPS) is 10.3. The Bertz CT molecular complexity index is 773. The fourth-order valence-electron chi connectivity index (χ4n) is 2.22. The maximum atomic E-state index is 11.8. The van der Waals surface area contributed by atoms with E-state index in [4.69, 9.17) is 9.47 Å². The molecule has 2 aromatic carbocycles. The molecule has 0 radical (unpaired) electrons. The molecule has 0 aliphatic rings. The van der Waals surface area contributed by atoms with Crippen molar-refractivity contribution in [2.45, 2.75) is 13.8 Å². The molecule has 0 saturated carbocycles. The third-order valence-corrected chi connectivity index (χ3v) is 5.55. The van der Waals surface area contributed by atoms with Gasteiger partial charge in [0.1, 0.15) is 11.5 Å². The topological polar surface area (TPSA) is 76.7 Å². The molecule has 8 heteroatoms. The summed E-state index contributed by atoms with van der Waals surface area (Å²) < 4.78 is 12.9. The Hall–Kier alpha value is -2.06. The first kappa shape index (κ1) is 22.2. The van der Waals surface area contributed by atoms with Gasteiger partial charge in [-0.05, 0) is 61.4 Å². The first-order valence-electron chi connectivity index (χ1n) is 8.66. The van der Waals surface area contributed by atoms with Crippen LogP contribution in [-0.2, 0) is 9.59 Å². The van der Waals surface area contributed by atoms with Gasteiger partial charge in [-0.3, -0.25) is 9.59 Å². The second-order valence-electron chi connectivity index (χ2n) is 6.10. The van der Waals surface area contributed by atoms with E-state index in [0.29, 0.717) is 24.6 Å². The van der Waals surface area contributed by atoms with Crippen molar-refractivity contribution < 1.29 is 19.1 Å². The van der Waals surface area contributed by atoms with Crippen LogP contribution in [0.3, 0.4) is 0 Å². The van der Waals surface area contributed by atoms with Crippen molar-refractivity contribution in [3.63, 3.8) is 0 Å². The molecule has 0 aliphatic heterocycles. The molecule has 2 rings (SSSR count). The van der Waals surface area contributed by atoms with Crippen LogP contribution in [0.25, 0.3) is 0 Å². The van der Waals surface area contributed by atoms with Gasteiger partial charge in [-0.2, -0.15) is 0 Å². The fraction of sp³-hybridized carbons (Fsp3) is 0.300. The molecule has 150 valence electrons. The zero-order valence-corrected chi connectivity index (χ0v) is 18.9. The molecule has 0 saturated heterocycles. The van der Waals surface area contributed by atoms with Crippen LogP contribution >= 0.6 is 31.9 Å². The van der Waals surface area contributed by atoms with Gasteiger partial charge in [0.15, 0.2) is 13.2 Å². The number of benzene rings is 2. The highest BCUT2D eigenvalue weighted by atomic mass is 79.9. The standard InChI is InChI=1S/C20H22Br2N2O4/c1-13-9-15(3-5-17(13)21)27-11-19(25)23-7-8-24-20(26)12-28-16-4-6-18(22)14(2)10-16/h3-6,9-10H,7-8,11-12H2,1-2H3,(H,23,25)(H,24,26). The molecule has 0 bridgehead atoms. The van der Waals surface area contributed by atoms with E-state index in [1.54, 1.807) is 12.1 Å². The van der Waals surface area contributed by atoms with Crippen molar-refractivity contribution in [2.75, 3.05) is 26.3 Å². The fourth-order valence-corrected chi connectivity index (χ4v) is 2.71. The molecule has 0 atom stereocenters. The lowest BCUT2D eigenvalue weighted by molar-refractivity contribution is -0.124. The molecule has 28 heavy (non-hydrogen) atoms. The minimum atomic E-state index is -0.253. The number of amides is 2. The summed E-state index contributed by atoms with van der Waals surface area (Å²) in [5, 5.41) is 5.38. The number of halogens is 2. The molecule has 0 heterocycles. The highest BCUT2D eigenvalue weighted by Crippen LogP contribution is 2.22. The summed E-state index contributed by atoms with van der Waals surface area (Å²) in [5.74, 6) is 0.752. The maximum Gasteiger partial charge on any atom is 0.258 e. The highest BCUT2D eigenvalue weighted by molar-refractivity contribution is 9.10. The zero-order valence-electron chi connectivity index (χ0n) is 15.7. The van der Waals surface area contributed by atoms with Crippen LogP contribution in [0, 0.1) is 13.8 Å². The van der Waals surface area contributed by atoms with E-state index in [-0.39, 0.29) is 25.0 Å². The largest absolute Gasteiger partial charge is 0.484 e. The van der Waals surface area contributed by atoms with Gasteiger partial charge < -0.3 is 20.1 Å². The molecule has 0 aliphatic carbocycles. The number of aryl methyl sites for hydroxylation is 2. The Labute approximate surface area is 181 Å². The Balaban J connectivity index is 1.59. The van der Waals surface area contributed by atoms with Crippen molar-refractivity contribution in [3.05, 3.63) is 56.5 Å². The number of carbonyl (C=O) groups excluding carboxylic acids is 2. The second-order valence-corrected chi connectivity index (χ2v) is 7.81. The van der Waals surface area contributed by atoms with Crippen LogP contribution in [0.1, 0.15) is 11.1 Å². The monoisotopic (exact) mass is 512 g/mol. The molecule has 6 nitrogen and oxygen atoms in total. The molecule has 2 amide bonds. The van der Waals surface area contributed by atoms with Crippen LogP contribution in [-0.4, -0.2) is 38.1 Å². The first-order chi connectivity index (χ1) is 13.3. The Morgan fingerprint density at radius 3 is 1.54 bits per heavy atom. The summed E-state index contributed by atoms with van der Waals surface area (Å²) in [6.45, 7) is 4.35. The number of rotatable bonds is 9. The van der Waals surface area contributed by atoms with E-state index < -0.39 is 0 Å². The van der Waals surface area contributed by atoms with Crippen LogP contribution in [0.15, 0.2) is 45.3 Å². The number of ether oxygens (including phenoxy) is 2. The highest BCUT2D eigenvalue weighted by Gasteiger charge is 2.06. The molecule has 0 unspecified atom stereocenters. The van der Waals surface area contributed by atoms with Crippen molar-refractivity contribution in [3.8, 4) is 11.5 Å². The number of nitrogens with one attached hydrogen (secondary N) is 2. The lowest BCUT2D eigenvalue weighted by Gasteiger charge is -2.10. The minimum absolute atomic E-state index is 0.0823. The summed E-state index contributed by atoms with van der Waals surface area (Å²) in [6, 6.07) is 11.0. The molecular formula is C20H22Br2N2O4. The van der Waals surface area contributed by atoms with Crippen LogP contribution in [0.5, 0.6) is 11.5 Å². The van der Waals surface area contributed by atoms with Gasteiger partial charge >= 0.3 is 0 Å². The van der Waals surface area contributed by atoms with Gasteiger partial charge in [0.25, 0.3) is 11.8 Å². The number of carbonyl (C=O) groups is 2. The minimum Gasteiger partial charge on any atom is -0.484 e. The number of hydrogen-bond donors (Lipinski definition) is 2. The Kier molecular flexibility index (Phi) is 8.79. The SMILES string of the molecule is Cc1cc(OCC(=O)NCCNC(=O)COc2ccc(Br)c(C)c2)ccc1Br. The summed E-state index contributed by atoms with van der Waals surface area (Å²) in [6.07, 6.45) is 0. The zero-order chi connectivity index (χ0) is 20.5. The van der Waals surface area contributed by atoms with E-state index in [1.807, 2.05) is 38.1 Å². The van der Waals surface area contributed by atoms with Gasteiger partial charge in [0.05, 0.1) is 0 Å². The van der Waals surface area contributed by atoms with Crippen LogP contribution in [0.4, 0.5) is 0 Å². The summed E-state index contributed by atoms with van der Waals surface area (Å²) in [7, 11) is 0. The van der Waals surface area contributed by atoms with Gasteiger partial charge in [0.2, 0.25) is 0 Å². The van der Waals surface area contributed by atoms with Crippen LogP contribution in [0.2, 0.25) is 0 Å². The molecular weight excluding hydrogens is 492 g/mol. The quantitative estimate of drug-likeness (QED) is 0.503.